The normalized spacial score (nSPS) is 10.6. The molecule has 0 radical (unpaired) electrons. The minimum Gasteiger partial charge on any atom is -0.340 e. The molecule has 3 aromatic rings. The molecule has 1 aromatic heterocycles. The molecule has 9 heteroatoms. The summed E-state index contributed by atoms with van der Waals surface area (Å²) in [7, 11) is 3.42. The third-order valence-corrected chi connectivity index (χ3v) is 5.86. The molecule has 0 saturated carbocycles. The highest BCUT2D eigenvalue weighted by Gasteiger charge is 2.13. The summed E-state index contributed by atoms with van der Waals surface area (Å²) in [5, 5.41) is 6.72. The largest absolute Gasteiger partial charge is 0.340 e. The van der Waals surface area contributed by atoms with E-state index in [0.717, 1.165) is 21.6 Å². The number of hydrogen-bond acceptors (Lipinski definition) is 7. The van der Waals surface area contributed by atoms with Crippen molar-refractivity contribution >= 4 is 40.4 Å². The number of nitrogens with one attached hydrogen (secondary N) is 1. The highest BCUT2D eigenvalue weighted by Crippen LogP contribution is 2.27. The highest BCUT2D eigenvalue weighted by molar-refractivity contribution is 8.13. The van der Waals surface area contributed by atoms with Crippen molar-refractivity contribution in [1.82, 2.24) is 15.0 Å². The van der Waals surface area contributed by atoms with Crippen molar-refractivity contribution in [2.75, 3.05) is 19.4 Å². The molecule has 0 aliphatic carbocycles. The summed E-state index contributed by atoms with van der Waals surface area (Å²) >= 11 is 2.61. The number of rotatable bonds is 6. The fourth-order valence-electron chi connectivity index (χ4n) is 2.32. The number of aromatic nitrogens is 2. The van der Waals surface area contributed by atoms with E-state index in [1.807, 2.05) is 18.2 Å². The van der Waals surface area contributed by atoms with Crippen molar-refractivity contribution in [3.63, 3.8) is 0 Å². The summed E-state index contributed by atoms with van der Waals surface area (Å²) < 4.78 is 4.98. The molecule has 150 valence electrons. The Morgan fingerprint density at radius 1 is 1.10 bits per heavy atom. The third kappa shape index (κ3) is 5.85. The summed E-state index contributed by atoms with van der Waals surface area (Å²) in [5.74, 6) is 1.40. The van der Waals surface area contributed by atoms with Gasteiger partial charge in [-0.2, -0.15) is 4.98 Å². The Balaban J connectivity index is 1.65. The fraction of sp³-hybridized carbons (Fsp3) is 0.200. The lowest BCUT2D eigenvalue weighted by atomic mass is 10.2. The zero-order chi connectivity index (χ0) is 20.8. The van der Waals surface area contributed by atoms with Crippen molar-refractivity contribution in [2.24, 2.45) is 0 Å². The van der Waals surface area contributed by atoms with E-state index in [1.165, 1.54) is 16.7 Å². The van der Waals surface area contributed by atoms with Gasteiger partial charge in [0.25, 0.3) is 11.1 Å². The van der Waals surface area contributed by atoms with Gasteiger partial charge in [-0.1, -0.05) is 17.3 Å². The lowest BCUT2D eigenvalue weighted by Crippen LogP contribution is -2.16. The number of nitrogens with zero attached hydrogens (tertiary/aromatic N) is 3. The number of amides is 2. The van der Waals surface area contributed by atoms with Crippen LogP contribution in [0.25, 0.3) is 0 Å². The monoisotopic (exact) mass is 428 g/mol. The predicted molar refractivity (Wildman–Crippen MR) is 114 cm³/mol. The van der Waals surface area contributed by atoms with Crippen LogP contribution in [0.4, 0.5) is 10.5 Å². The molecular formula is C20H20N4O3S2. The van der Waals surface area contributed by atoms with Crippen molar-refractivity contribution in [1.29, 1.82) is 0 Å². The minimum atomic E-state index is -0.206. The minimum absolute atomic E-state index is 0.0514. The van der Waals surface area contributed by atoms with Gasteiger partial charge in [-0.3, -0.25) is 9.59 Å². The van der Waals surface area contributed by atoms with Crippen molar-refractivity contribution in [3.8, 4) is 0 Å². The van der Waals surface area contributed by atoms with Gasteiger partial charge in [0.1, 0.15) is 0 Å². The van der Waals surface area contributed by atoms with Crippen LogP contribution in [0.3, 0.4) is 0 Å². The molecule has 1 N–H and O–H groups in total. The SMILES string of the molecule is Cc1nc(CSc2ccccc2C(=O)Nc2ccc(SC(=O)N(C)C)cc2)no1. The molecule has 29 heavy (non-hydrogen) atoms. The first kappa shape index (κ1) is 20.9. The number of hydrogen-bond donors (Lipinski definition) is 1. The van der Waals surface area contributed by atoms with E-state index in [9.17, 15) is 9.59 Å². The molecule has 0 bridgehead atoms. The van der Waals surface area contributed by atoms with Gasteiger partial charge in [0, 0.05) is 36.5 Å². The second-order valence-electron chi connectivity index (χ2n) is 6.26. The van der Waals surface area contributed by atoms with Crippen LogP contribution in [0.1, 0.15) is 22.1 Å². The third-order valence-electron chi connectivity index (χ3n) is 3.74. The standard InChI is InChI=1S/C20H20N4O3S2/c1-13-21-18(23-27-13)12-28-17-7-5-4-6-16(17)19(25)22-14-8-10-15(11-9-14)29-20(26)24(2)3/h4-11H,12H2,1-3H3,(H,22,25). The number of benzene rings is 2. The molecule has 0 aliphatic heterocycles. The zero-order valence-electron chi connectivity index (χ0n) is 16.2. The van der Waals surface area contributed by atoms with Gasteiger partial charge in [-0.05, 0) is 48.2 Å². The molecule has 2 amide bonds. The quantitative estimate of drug-likeness (QED) is 0.570. The number of aryl methyl sites for hydroxylation is 1. The predicted octanol–water partition coefficient (Wildman–Crippen LogP) is 4.70. The molecule has 7 nitrogen and oxygen atoms in total. The lowest BCUT2D eigenvalue weighted by Gasteiger charge is -2.11. The van der Waals surface area contributed by atoms with Gasteiger partial charge in [0.05, 0.1) is 11.3 Å². The van der Waals surface area contributed by atoms with Gasteiger partial charge in [0.2, 0.25) is 5.89 Å². The average Bonchev–Trinajstić information content (AvgIpc) is 3.13. The molecule has 0 aliphatic rings. The van der Waals surface area contributed by atoms with E-state index in [2.05, 4.69) is 15.5 Å². The van der Waals surface area contributed by atoms with E-state index in [1.54, 1.807) is 51.4 Å². The Kier molecular flexibility index (Phi) is 6.95. The molecule has 0 saturated heterocycles. The van der Waals surface area contributed by atoms with Crippen LogP contribution in [0.15, 0.2) is 62.8 Å². The Hall–Kier alpha value is -2.78. The van der Waals surface area contributed by atoms with E-state index < -0.39 is 0 Å². The molecule has 0 fully saturated rings. The van der Waals surface area contributed by atoms with E-state index in [-0.39, 0.29) is 11.1 Å². The molecule has 0 spiro atoms. The molecule has 1 heterocycles. The number of anilines is 1. The maximum atomic E-state index is 12.8. The number of carbonyl (C=O) groups excluding carboxylic acids is 2. The van der Waals surface area contributed by atoms with Crippen LogP contribution in [0.5, 0.6) is 0 Å². The van der Waals surface area contributed by atoms with Crippen LogP contribution in [-0.4, -0.2) is 40.3 Å². The smallest absolute Gasteiger partial charge is 0.285 e. The maximum Gasteiger partial charge on any atom is 0.285 e. The van der Waals surface area contributed by atoms with Gasteiger partial charge < -0.3 is 14.7 Å². The van der Waals surface area contributed by atoms with Crippen LogP contribution in [0.2, 0.25) is 0 Å². The Labute approximate surface area is 177 Å². The lowest BCUT2D eigenvalue weighted by molar-refractivity contribution is 0.102. The molecule has 2 aromatic carbocycles. The number of carbonyl (C=O) groups is 2. The first-order chi connectivity index (χ1) is 13.9. The second-order valence-corrected chi connectivity index (χ2v) is 8.30. The van der Waals surface area contributed by atoms with Crippen LogP contribution in [0, 0.1) is 6.92 Å². The van der Waals surface area contributed by atoms with Gasteiger partial charge >= 0.3 is 0 Å². The Bertz CT molecular complexity index is 1000. The second kappa shape index (κ2) is 9.62. The van der Waals surface area contributed by atoms with Gasteiger partial charge in [-0.25, -0.2) is 0 Å². The zero-order valence-corrected chi connectivity index (χ0v) is 17.8. The van der Waals surface area contributed by atoms with Crippen molar-refractivity contribution in [3.05, 3.63) is 65.8 Å². The highest BCUT2D eigenvalue weighted by atomic mass is 32.2. The van der Waals surface area contributed by atoms with Crippen molar-refractivity contribution in [2.45, 2.75) is 22.5 Å². The molecule has 3 rings (SSSR count). The summed E-state index contributed by atoms with van der Waals surface area (Å²) in [4.78, 5) is 31.9. The topological polar surface area (TPSA) is 88.3 Å². The van der Waals surface area contributed by atoms with Gasteiger partial charge in [-0.15, -0.1) is 11.8 Å². The van der Waals surface area contributed by atoms with Crippen molar-refractivity contribution < 1.29 is 14.1 Å². The molecular weight excluding hydrogens is 408 g/mol. The summed E-state index contributed by atoms with van der Waals surface area (Å²) in [6.07, 6.45) is 0. The first-order valence-electron chi connectivity index (χ1n) is 8.74. The fourth-order valence-corrected chi connectivity index (χ4v) is 3.87. The number of thioether (sulfide) groups is 2. The summed E-state index contributed by atoms with van der Waals surface area (Å²) in [6.45, 7) is 1.74. The van der Waals surface area contributed by atoms with Crippen LogP contribution in [-0.2, 0) is 5.75 Å². The van der Waals surface area contributed by atoms with E-state index in [4.69, 9.17) is 4.52 Å². The molecule has 0 unspecified atom stereocenters. The summed E-state index contributed by atoms with van der Waals surface area (Å²) in [6, 6.07) is 14.5. The van der Waals surface area contributed by atoms with Crippen LogP contribution >= 0.6 is 23.5 Å². The van der Waals surface area contributed by atoms with E-state index >= 15 is 0 Å². The Morgan fingerprint density at radius 2 is 1.83 bits per heavy atom. The summed E-state index contributed by atoms with van der Waals surface area (Å²) in [5.41, 5.74) is 1.23. The van der Waals surface area contributed by atoms with Crippen LogP contribution < -0.4 is 5.32 Å². The maximum absolute atomic E-state index is 12.8. The molecule has 0 atom stereocenters. The first-order valence-corrected chi connectivity index (χ1v) is 10.5. The van der Waals surface area contributed by atoms with E-state index in [0.29, 0.717) is 28.7 Å². The Morgan fingerprint density at radius 3 is 2.48 bits per heavy atom. The average molecular weight is 429 g/mol. The van der Waals surface area contributed by atoms with Gasteiger partial charge in [0.15, 0.2) is 5.82 Å².